The number of halogens is 2. The Bertz CT molecular complexity index is 1520. The van der Waals surface area contributed by atoms with Gasteiger partial charge in [-0.25, -0.2) is 0 Å². The first-order chi connectivity index (χ1) is 32.5. The van der Waals surface area contributed by atoms with E-state index in [-0.39, 0.29) is 0 Å². The number of hydrogen-bond donors (Lipinski definition) is 0. The lowest BCUT2D eigenvalue weighted by Gasteiger charge is -2.25. The summed E-state index contributed by atoms with van der Waals surface area (Å²) in [5.41, 5.74) is 6.50. The second-order valence-electron chi connectivity index (χ2n) is 14.6. The van der Waals surface area contributed by atoms with Crippen molar-refractivity contribution in [3.63, 3.8) is 0 Å². The highest BCUT2D eigenvalue weighted by Gasteiger charge is 2.10. The van der Waals surface area contributed by atoms with Gasteiger partial charge < -0.3 is 66.6 Å². The molecule has 0 unspecified atom stereocenters. The summed E-state index contributed by atoms with van der Waals surface area (Å²) in [6.45, 7) is 14.0. The number of methoxy groups -OCH3 is 4. The molecular weight excluding hydrogens is 980 g/mol. The van der Waals surface area contributed by atoms with Crippen LogP contribution in [0.25, 0.3) is 24.3 Å². The lowest BCUT2D eigenvalue weighted by Crippen LogP contribution is -2.31. The predicted octanol–water partition coefficient (Wildman–Crippen LogP) is 7.88. The highest BCUT2D eigenvalue weighted by Crippen LogP contribution is 2.29. The molecule has 16 heteroatoms. The fraction of sp³-hybridized carbons (Fsp3) is 0.560. The Morgan fingerprint density at radius 2 is 0.576 bits per heavy atom. The fourth-order valence-electron chi connectivity index (χ4n) is 6.09. The molecule has 370 valence electrons. The maximum atomic E-state index is 5.87. The molecule has 0 aliphatic rings. The zero-order valence-electron chi connectivity index (χ0n) is 39.6. The van der Waals surface area contributed by atoms with E-state index in [1.807, 2.05) is 0 Å². The number of ether oxygens (including phenoxy) is 12. The molecule has 0 aromatic heterocycles. The molecule has 0 heterocycles. The van der Waals surface area contributed by atoms with Crippen LogP contribution in [-0.4, -0.2) is 187 Å². The molecule has 3 aromatic carbocycles. The van der Waals surface area contributed by atoms with Crippen LogP contribution in [0.5, 0.6) is 0 Å². The summed E-state index contributed by atoms with van der Waals surface area (Å²) in [6.07, 6.45) is 8.48. The molecule has 0 spiro atoms. The third-order valence-electron chi connectivity index (χ3n) is 9.78. The fourth-order valence-corrected chi connectivity index (χ4v) is 7.08. The molecule has 0 radical (unpaired) electrons. The van der Waals surface area contributed by atoms with E-state index >= 15 is 0 Å². The summed E-state index contributed by atoms with van der Waals surface area (Å²) >= 11 is 7.63. The molecular formula is C50H74Br2N2O12. The molecule has 0 aliphatic carbocycles. The van der Waals surface area contributed by atoms with Crippen molar-refractivity contribution in [1.82, 2.24) is 0 Å². The molecule has 0 fully saturated rings. The van der Waals surface area contributed by atoms with Crippen molar-refractivity contribution in [2.45, 2.75) is 0 Å². The smallest absolute Gasteiger partial charge is 0.0701 e. The van der Waals surface area contributed by atoms with Crippen LogP contribution in [0.3, 0.4) is 0 Å². The van der Waals surface area contributed by atoms with E-state index < -0.39 is 0 Å². The van der Waals surface area contributed by atoms with Gasteiger partial charge in [0.15, 0.2) is 0 Å². The summed E-state index contributed by atoms with van der Waals surface area (Å²) in [4.78, 5) is 4.55. The minimum absolute atomic E-state index is 0.531. The van der Waals surface area contributed by atoms with Crippen molar-refractivity contribution in [2.75, 3.05) is 197 Å². The average molecular weight is 1050 g/mol. The van der Waals surface area contributed by atoms with Gasteiger partial charge in [-0.15, -0.1) is 0 Å². The molecule has 66 heavy (non-hydrogen) atoms. The van der Waals surface area contributed by atoms with Gasteiger partial charge in [-0.3, -0.25) is 0 Å². The third-order valence-corrected chi connectivity index (χ3v) is 11.2. The summed E-state index contributed by atoms with van der Waals surface area (Å²) in [6, 6.07) is 21.3. The molecule has 0 bridgehead atoms. The van der Waals surface area contributed by atoms with Crippen LogP contribution in [0.15, 0.2) is 69.6 Å². The molecule has 3 aromatic rings. The van der Waals surface area contributed by atoms with Gasteiger partial charge in [0.2, 0.25) is 0 Å². The molecule has 0 saturated heterocycles. The third kappa shape index (κ3) is 26.7. The topological polar surface area (TPSA) is 117 Å². The van der Waals surface area contributed by atoms with Gasteiger partial charge in [0.25, 0.3) is 0 Å². The Balaban J connectivity index is 1.57. The second kappa shape index (κ2) is 39.1. The molecule has 0 atom stereocenters. The van der Waals surface area contributed by atoms with Crippen LogP contribution in [0.2, 0.25) is 0 Å². The van der Waals surface area contributed by atoms with Gasteiger partial charge in [0.1, 0.15) is 0 Å². The van der Waals surface area contributed by atoms with Gasteiger partial charge in [-0.05, 0) is 58.7 Å². The van der Waals surface area contributed by atoms with Crippen molar-refractivity contribution >= 4 is 67.5 Å². The average Bonchev–Trinajstić information content (AvgIpc) is 3.33. The highest BCUT2D eigenvalue weighted by atomic mass is 79.9. The van der Waals surface area contributed by atoms with E-state index in [0.29, 0.717) is 132 Å². The van der Waals surface area contributed by atoms with Crippen LogP contribution in [0.4, 0.5) is 11.4 Å². The lowest BCUT2D eigenvalue weighted by molar-refractivity contribution is 0.0235. The summed E-state index contributed by atoms with van der Waals surface area (Å²) in [5, 5.41) is 0. The van der Waals surface area contributed by atoms with Crippen molar-refractivity contribution in [3.05, 3.63) is 91.9 Å². The van der Waals surface area contributed by atoms with Crippen molar-refractivity contribution in [1.29, 1.82) is 0 Å². The van der Waals surface area contributed by atoms with Gasteiger partial charge in [0, 0.05) is 74.9 Å². The SMILES string of the molecule is COCCOCCOCCN(CCOCCOCCOC)c1ccc(/C=C/c2cc(Br)c(/C=C/c3ccc(N(CCOCCOCCOC)CCOCCOCCOC)cc3)cc2Br)cc1. The van der Waals surface area contributed by atoms with E-state index in [1.54, 1.807) is 28.4 Å². The number of rotatable bonds is 42. The van der Waals surface area contributed by atoms with E-state index in [0.717, 1.165) is 68.8 Å². The van der Waals surface area contributed by atoms with E-state index in [2.05, 4.69) is 127 Å². The highest BCUT2D eigenvalue weighted by molar-refractivity contribution is 9.11. The first-order valence-electron chi connectivity index (χ1n) is 22.6. The molecule has 14 nitrogen and oxygen atoms in total. The maximum absolute atomic E-state index is 5.87. The van der Waals surface area contributed by atoms with Gasteiger partial charge >= 0.3 is 0 Å². The second-order valence-corrected chi connectivity index (χ2v) is 16.3. The minimum Gasteiger partial charge on any atom is -0.382 e. The Morgan fingerprint density at radius 3 is 0.833 bits per heavy atom. The molecule has 0 saturated carbocycles. The predicted molar refractivity (Wildman–Crippen MR) is 271 cm³/mol. The Labute approximate surface area is 410 Å². The van der Waals surface area contributed by atoms with Gasteiger partial charge in [0.05, 0.1) is 132 Å². The summed E-state index contributed by atoms with van der Waals surface area (Å²) in [7, 11) is 6.65. The number of hydrogen-bond acceptors (Lipinski definition) is 14. The van der Waals surface area contributed by atoms with Crippen LogP contribution in [-0.2, 0) is 56.8 Å². The Hall–Kier alpha value is -2.78. The molecule has 0 aliphatic heterocycles. The standard InChI is InChI=1S/C50H74Br2N2O12/c1-55-25-29-63-37-33-59-21-17-53(18-22-60-34-38-64-30-26-56-2)47-13-7-43(8-14-47)5-11-45-41-50(52)46(42-49(45)51)12-6-44-9-15-48(16-10-44)54(19-23-61-35-39-65-31-27-57-3)20-24-62-36-40-66-32-28-58-4/h5-16,41-42H,17-40H2,1-4H3/b11-5+,12-6+. The Morgan fingerprint density at radius 1 is 0.333 bits per heavy atom. The first-order valence-corrected chi connectivity index (χ1v) is 24.2. The van der Waals surface area contributed by atoms with Gasteiger partial charge in [-0.2, -0.15) is 0 Å². The number of nitrogens with zero attached hydrogens (tertiary/aromatic N) is 2. The van der Waals surface area contributed by atoms with Crippen LogP contribution < -0.4 is 9.80 Å². The van der Waals surface area contributed by atoms with Gasteiger partial charge in [-0.1, -0.05) is 80.4 Å². The summed E-state index contributed by atoms with van der Waals surface area (Å²) < 4.78 is 67.7. The molecule has 3 rings (SSSR count). The van der Waals surface area contributed by atoms with Crippen molar-refractivity contribution in [2.24, 2.45) is 0 Å². The number of benzene rings is 3. The van der Waals surface area contributed by atoms with Crippen LogP contribution in [0.1, 0.15) is 22.3 Å². The minimum atomic E-state index is 0.531. The monoisotopic (exact) mass is 1050 g/mol. The normalized spacial score (nSPS) is 11.7. The number of anilines is 2. The Kier molecular flexibility index (Phi) is 34.1. The van der Waals surface area contributed by atoms with E-state index in [1.165, 1.54) is 0 Å². The van der Waals surface area contributed by atoms with Crippen molar-refractivity contribution < 1.29 is 56.8 Å². The van der Waals surface area contributed by atoms with E-state index in [4.69, 9.17) is 56.8 Å². The summed E-state index contributed by atoms with van der Waals surface area (Å²) in [5.74, 6) is 0. The quantitative estimate of drug-likeness (QED) is 0.0405. The van der Waals surface area contributed by atoms with Crippen LogP contribution >= 0.6 is 31.9 Å². The lowest BCUT2D eigenvalue weighted by atomic mass is 10.1. The maximum Gasteiger partial charge on any atom is 0.0701 e. The molecule has 0 N–H and O–H groups in total. The van der Waals surface area contributed by atoms with Crippen molar-refractivity contribution in [3.8, 4) is 0 Å². The molecule has 0 amide bonds. The first kappa shape index (κ1) is 57.5. The van der Waals surface area contributed by atoms with Crippen LogP contribution in [0, 0.1) is 0 Å². The largest absolute Gasteiger partial charge is 0.382 e. The van der Waals surface area contributed by atoms with E-state index in [9.17, 15) is 0 Å². The zero-order valence-corrected chi connectivity index (χ0v) is 42.8. The zero-order chi connectivity index (χ0) is 47.1.